The van der Waals surface area contributed by atoms with Gasteiger partial charge in [0.1, 0.15) is 11.5 Å². The molecule has 134 valence electrons. The van der Waals surface area contributed by atoms with Crippen molar-refractivity contribution in [3.05, 3.63) is 76.7 Å². The summed E-state index contributed by atoms with van der Waals surface area (Å²) < 4.78 is 6.29. The van der Waals surface area contributed by atoms with E-state index < -0.39 is 0 Å². The lowest BCUT2D eigenvalue weighted by Crippen LogP contribution is -2.03. The number of rotatable bonds is 2. The van der Waals surface area contributed by atoms with Gasteiger partial charge in [-0.25, -0.2) is 0 Å². The molecule has 2 heterocycles. The smallest absolute Gasteiger partial charge is 0.256 e. The Hall–Kier alpha value is -3.07. The molecule has 0 fully saturated rings. The summed E-state index contributed by atoms with van der Waals surface area (Å²) in [6.07, 6.45) is 6.28. The Kier molecular flexibility index (Phi) is 3.75. The van der Waals surface area contributed by atoms with E-state index in [1.165, 1.54) is 17.5 Å². The third kappa shape index (κ3) is 2.71. The Balaban J connectivity index is 1.70. The number of fused-ring (bicyclic) bond motifs is 2. The topological polar surface area (TPSA) is 42.2 Å². The maximum absolute atomic E-state index is 12.6. The van der Waals surface area contributed by atoms with Crippen LogP contribution in [0.5, 0.6) is 0 Å². The van der Waals surface area contributed by atoms with Crippen molar-refractivity contribution in [2.45, 2.75) is 32.6 Å². The Morgan fingerprint density at radius 3 is 2.63 bits per heavy atom. The number of hydrogen-bond donors (Lipinski definition) is 1. The van der Waals surface area contributed by atoms with Gasteiger partial charge in [0, 0.05) is 28.8 Å². The molecule has 0 unspecified atom stereocenters. The van der Waals surface area contributed by atoms with Gasteiger partial charge >= 0.3 is 0 Å². The average molecular weight is 355 g/mol. The maximum Gasteiger partial charge on any atom is 0.256 e. The normalized spacial score (nSPS) is 16.9. The zero-order valence-electron chi connectivity index (χ0n) is 15.3. The van der Waals surface area contributed by atoms with Crippen molar-refractivity contribution < 1.29 is 9.21 Å². The zero-order valence-corrected chi connectivity index (χ0v) is 15.3. The van der Waals surface area contributed by atoms with Crippen molar-refractivity contribution in [2.24, 2.45) is 0 Å². The number of furan rings is 1. The summed E-state index contributed by atoms with van der Waals surface area (Å²) >= 11 is 0. The molecule has 1 amide bonds. The van der Waals surface area contributed by atoms with Crippen LogP contribution in [-0.2, 0) is 17.6 Å². The summed E-state index contributed by atoms with van der Waals surface area (Å²) in [5.41, 5.74) is 7.32. The summed E-state index contributed by atoms with van der Waals surface area (Å²) in [6, 6.07) is 16.4. The fraction of sp³-hybridized carbons (Fsp3) is 0.208. The van der Waals surface area contributed by atoms with Crippen molar-refractivity contribution in [3.8, 4) is 11.1 Å². The van der Waals surface area contributed by atoms with Crippen LogP contribution in [-0.4, -0.2) is 5.91 Å². The van der Waals surface area contributed by atoms with Gasteiger partial charge in [-0.05, 0) is 43.9 Å². The summed E-state index contributed by atoms with van der Waals surface area (Å²) in [5.74, 6) is 1.81. The van der Waals surface area contributed by atoms with Gasteiger partial charge in [0.05, 0.1) is 5.57 Å². The Labute approximate surface area is 158 Å². The van der Waals surface area contributed by atoms with Gasteiger partial charge in [0.25, 0.3) is 5.91 Å². The van der Waals surface area contributed by atoms with Crippen molar-refractivity contribution in [3.63, 3.8) is 0 Å². The monoisotopic (exact) mass is 355 g/mol. The van der Waals surface area contributed by atoms with Crippen LogP contribution in [0.15, 0.2) is 52.9 Å². The van der Waals surface area contributed by atoms with Gasteiger partial charge in [-0.3, -0.25) is 4.79 Å². The van der Waals surface area contributed by atoms with Crippen LogP contribution >= 0.6 is 0 Å². The first-order chi connectivity index (χ1) is 13.2. The number of hydrogen-bond acceptors (Lipinski definition) is 2. The highest BCUT2D eigenvalue weighted by atomic mass is 16.3. The second kappa shape index (κ2) is 6.27. The van der Waals surface area contributed by atoms with E-state index in [2.05, 4.69) is 36.5 Å². The molecule has 1 aliphatic heterocycles. The third-order valence-corrected chi connectivity index (χ3v) is 5.52. The minimum absolute atomic E-state index is 0.0690. The van der Waals surface area contributed by atoms with Gasteiger partial charge in [0.2, 0.25) is 0 Å². The minimum atomic E-state index is -0.0690. The molecule has 5 rings (SSSR count). The standard InChI is InChI=1S/C24H21NO2/c1-15-10-12-16(13-11-15)23-18-7-3-5-9-21(18)27-22(23)14-19-17-6-2-4-8-20(17)25-24(19)26/h2,4,6,8,10-14H,3,5,7,9H2,1H3,(H,25,26). The predicted octanol–water partition coefficient (Wildman–Crippen LogP) is 5.63. The first-order valence-electron chi connectivity index (χ1n) is 9.55. The van der Waals surface area contributed by atoms with E-state index in [9.17, 15) is 4.79 Å². The lowest BCUT2D eigenvalue weighted by atomic mass is 9.90. The molecule has 3 aromatic rings. The van der Waals surface area contributed by atoms with E-state index in [-0.39, 0.29) is 5.91 Å². The second-order valence-corrected chi connectivity index (χ2v) is 7.37. The predicted molar refractivity (Wildman–Crippen MR) is 108 cm³/mol. The van der Waals surface area contributed by atoms with Crippen LogP contribution in [0.25, 0.3) is 22.8 Å². The largest absolute Gasteiger partial charge is 0.461 e. The van der Waals surface area contributed by atoms with E-state index in [1.54, 1.807) is 0 Å². The number of para-hydroxylation sites is 1. The highest BCUT2D eigenvalue weighted by molar-refractivity contribution is 6.35. The molecule has 0 saturated carbocycles. The quantitative estimate of drug-likeness (QED) is 0.606. The van der Waals surface area contributed by atoms with Crippen LogP contribution < -0.4 is 5.32 Å². The molecule has 1 aromatic heterocycles. The number of amides is 1. The summed E-state index contributed by atoms with van der Waals surface area (Å²) in [6.45, 7) is 2.09. The molecular formula is C24H21NO2. The number of anilines is 1. The molecule has 27 heavy (non-hydrogen) atoms. The Bertz CT molecular complexity index is 1070. The zero-order chi connectivity index (χ0) is 18.4. The van der Waals surface area contributed by atoms with Crippen molar-refractivity contribution >= 4 is 23.2 Å². The molecule has 2 aliphatic rings. The molecule has 0 radical (unpaired) electrons. The number of nitrogens with one attached hydrogen (secondary N) is 1. The van der Waals surface area contributed by atoms with E-state index in [1.807, 2.05) is 30.3 Å². The van der Waals surface area contributed by atoms with Gasteiger partial charge < -0.3 is 9.73 Å². The number of benzene rings is 2. The summed E-state index contributed by atoms with van der Waals surface area (Å²) in [7, 11) is 0. The van der Waals surface area contributed by atoms with E-state index in [0.717, 1.165) is 53.2 Å². The fourth-order valence-corrected chi connectivity index (χ4v) is 4.14. The van der Waals surface area contributed by atoms with Crippen LogP contribution in [0.1, 0.15) is 41.1 Å². The van der Waals surface area contributed by atoms with Crippen LogP contribution in [0.3, 0.4) is 0 Å². The molecule has 0 atom stereocenters. The summed E-state index contributed by atoms with van der Waals surface area (Å²) in [4.78, 5) is 12.6. The minimum Gasteiger partial charge on any atom is -0.461 e. The van der Waals surface area contributed by atoms with Crippen LogP contribution in [0.2, 0.25) is 0 Å². The van der Waals surface area contributed by atoms with Gasteiger partial charge in [-0.2, -0.15) is 0 Å². The molecule has 0 spiro atoms. The second-order valence-electron chi connectivity index (χ2n) is 7.37. The molecule has 0 saturated heterocycles. The van der Waals surface area contributed by atoms with Crippen molar-refractivity contribution in [2.75, 3.05) is 5.32 Å². The van der Waals surface area contributed by atoms with Crippen LogP contribution in [0.4, 0.5) is 5.69 Å². The lowest BCUT2D eigenvalue weighted by Gasteiger charge is -2.11. The van der Waals surface area contributed by atoms with E-state index in [0.29, 0.717) is 5.57 Å². The molecule has 3 heteroatoms. The van der Waals surface area contributed by atoms with Crippen molar-refractivity contribution in [1.82, 2.24) is 0 Å². The van der Waals surface area contributed by atoms with Gasteiger partial charge in [0.15, 0.2) is 0 Å². The molecule has 1 N–H and O–H groups in total. The van der Waals surface area contributed by atoms with E-state index in [4.69, 9.17) is 4.42 Å². The van der Waals surface area contributed by atoms with Crippen LogP contribution in [0, 0.1) is 6.92 Å². The van der Waals surface area contributed by atoms with E-state index >= 15 is 0 Å². The SMILES string of the molecule is Cc1ccc(-c2c(C=C3C(=O)Nc4ccccc43)oc3c2CCCC3)cc1. The number of carbonyl (C=O) groups is 1. The number of carbonyl (C=O) groups excluding carboxylic acids is 1. The first-order valence-corrected chi connectivity index (χ1v) is 9.55. The summed E-state index contributed by atoms with van der Waals surface area (Å²) in [5, 5.41) is 2.95. The molecule has 0 bridgehead atoms. The molecule has 3 nitrogen and oxygen atoms in total. The average Bonchev–Trinajstić information content (AvgIpc) is 3.20. The molecule has 2 aromatic carbocycles. The highest BCUT2D eigenvalue weighted by Gasteiger charge is 2.27. The van der Waals surface area contributed by atoms with Gasteiger partial charge in [-0.1, -0.05) is 48.0 Å². The molecule has 1 aliphatic carbocycles. The Morgan fingerprint density at radius 1 is 1.00 bits per heavy atom. The molecular weight excluding hydrogens is 334 g/mol. The highest BCUT2D eigenvalue weighted by Crippen LogP contribution is 2.40. The fourth-order valence-electron chi connectivity index (χ4n) is 4.14. The first kappa shape index (κ1) is 16.1. The Morgan fingerprint density at radius 2 is 1.78 bits per heavy atom. The van der Waals surface area contributed by atoms with Gasteiger partial charge in [-0.15, -0.1) is 0 Å². The lowest BCUT2D eigenvalue weighted by molar-refractivity contribution is -0.110. The maximum atomic E-state index is 12.6. The number of aryl methyl sites for hydroxylation is 2. The third-order valence-electron chi connectivity index (χ3n) is 5.52. The van der Waals surface area contributed by atoms with Crippen molar-refractivity contribution in [1.29, 1.82) is 0 Å².